The van der Waals surface area contributed by atoms with Crippen molar-refractivity contribution in [2.24, 2.45) is 5.92 Å². The molecule has 0 bridgehead atoms. The van der Waals surface area contributed by atoms with Gasteiger partial charge >= 0.3 is 0 Å². The van der Waals surface area contributed by atoms with Gasteiger partial charge in [0.15, 0.2) is 0 Å². The van der Waals surface area contributed by atoms with Crippen molar-refractivity contribution in [2.75, 3.05) is 46.4 Å². The summed E-state index contributed by atoms with van der Waals surface area (Å²) in [5.74, 6) is 2.58. The Morgan fingerprint density at radius 2 is 1.84 bits per heavy atom. The summed E-state index contributed by atoms with van der Waals surface area (Å²) in [6.07, 6.45) is 3.39. The Labute approximate surface area is 190 Å². The number of hydrogen-bond acceptors (Lipinski definition) is 5. The van der Waals surface area contributed by atoms with Crippen LogP contribution < -0.4 is 14.8 Å². The molecule has 3 aliphatic rings. The van der Waals surface area contributed by atoms with E-state index in [9.17, 15) is 4.79 Å². The number of piperazine rings is 1. The first-order valence-corrected chi connectivity index (χ1v) is 11.8. The minimum atomic E-state index is 0.110. The maximum atomic E-state index is 12.8. The van der Waals surface area contributed by atoms with E-state index in [1.807, 2.05) is 12.1 Å². The van der Waals surface area contributed by atoms with E-state index in [4.69, 9.17) is 9.47 Å². The van der Waals surface area contributed by atoms with Crippen LogP contribution in [0.5, 0.6) is 11.5 Å². The average molecular weight is 436 g/mol. The Balaban J connectivity index is 1.10. The number of fused-ring (bicyclic) bond motifs is 1. The van der Waals surface area contributed by atoms with Crippen molar-refractivity contribution >= 4 is 5.91 Å². The highest BCUT2D eigenvalue weighted by atomic mass is 16.5. The summed E-state index contributed by atoms with van der Waals surface area (Å²) in [5, 5.41) is 3.31. The quantitative estimate of drug-likeness (QED) is 0.691. The third-order valence-corrected chi connectivity index (χ3v) is 6.88. The molecular formula is C26H33N3O3. The van der Waals surface area contributed by atoms with E-state index >= 15 is 0 Å². The summed E-state index contributed by atoms with van der Waals surface area (Å²) in [6, 6.07) is 14.8. The molecule has 170 valence electrons. The summed E-state index contributed by atoms with van der Waals surface area (Å²) in [6.45, 7) is 6.09. The number of nitrogens with zero attached hydrogens (tertiary/aromatic N) is 2. The molecule has 1 amide bonds. The predicted octanol–water partition coefficient (Wildman–Crippen LogP) is 3.02. The SMILES string of the molecule is COc1ccc(C(NC(=O)CN2CCN(Cc3ccc4c(c3)CCO4)CC2)C2CC2)cc1. The Morgan fingerprint density at radius 3 is 2.56 bits per heavy atom. The van der Waals surface area contributed by atoms with Crippen LogP contribution in [0.15, 0.2) is 42.5 Å². The van der Waals surface area contributed by atoms with Crippen molar-refractivity contribution in [2.45, 2.75) is 31.8 Å². The van der Waals surface area contributed by atoms with Crippen LogP contribution in [0.3, 0.4) is 0 Å². The molecule has 2 heterocycles. The maximum Gasteiger partial charge on any atom is 0.234 e. The number of methoxy groups -OCH3 is 1. The van der Waals surface area contributed by atoms with Crippen LogP contribution >= 0.6 is 0 Å². The van der Waals surface area contributed by atoms with Crippen LogP contribution in [0.2, 0.25) is 0 Å². The summed E-state index contributed by atoms with van der Waals surface area (Å²) in [5.41, 5.74) is 3.86. The fourth-order valence-electron chi connectivity index (χ4n) is 4.84. The third-order valence-electron chi connectivity index (χ3n) is 6.88. The molecule has 1 saturated heterocycles. The first kappa shape index (κ1) is 21.3. The van der Waals surface area contributed by atoms with Crippen LogP contribution in [0.4, 0.5) is 0 Å². The molecule has 0 spiro atoms. The molecule has 2 aliphatic heterocycles. The number of benzene rings is 2. The Kier molecular flexibility index (Phi) is 6.32. The molecule has 5 rings (SSSR count). The molecule has 2 fully saturated rings. The Hall–Kier alpha value is -2.57. The summed E-state index contributed by atoms with van der Waals surface area (Å²) < 4.78 is 10.9. The van der Waals surface area contributed by atoms with Gasteiger partial charge in [-0.25, -0.2) is 0 Å². The van der Waals surface area contributed by atoms with Crippen molar-refractivity contribution in [3.05, 3.63) is 59.2 Å². The van der Waals surface area contributed by atoms with Crippen LogP contribution in [-0.2, 0) is 17.8 Å². The minimum absolute atomic E-state index is 0.110. The molecule has 1 saturated carbocycles. The zero-order valence-electron chi connectivity index (χ0n) is 18.9. The molecular weight excluding hydrogens is 402 g/mol. The average Bonchev–Trinajstić information content (AvgIpc) is 3.56. The second-order valence-corrected chi connectivity index (χ2v) is 9.25. The highest BCUT2D eigenvalue weighted by Crippen LogP contribution is 2.41. The second-order valence-electron chi connectivity index (χ2n) is 9.25. The molecule has 0 radical (unpaired) electrons. The second kappa shape index (κ2) is 9.51. The fourth-order valence-corrected chi connectivity index (χ4v) is 4.84. The lowest BCUT2D eigenvalue weighted by Gasteiger charge is -2.34. The highest BCUT2D eigenvalue weighted by Gasteiger charge is 2.33. The third kappa shape index (κ3) is 5.08. The van der Waals surface area contributed by atoms with E-state index < -0.39 is 0 Å². The molecule has 0 aromatic heterocycles. The largest absolute Gasteiger partial charge is 0.497 e. The Bertz CT molecular complexity index is 934. The van der Waals surface area contributed by atoms with E-state index in [1.165, 1.54) is 29.5 Å². The molecule has 2 aromatic carbocycles. The number of hydrogen-bond donors (Lipinski definition) is 1. The number of carbonyl (C=O) groups excluding carboxylic acids is 1. The maximum absolute atomic E-state index is 12.8. The molecule has 2 aromatic rings. The lowest BCUT2D eigenvalue weighted by atomic mass is 10.0. The summed E-state index contributed by atoms with van der Waals surface area (Å²) >= 11 is 0. The first-order valence-electron chi connectivity index (χ1n) is 11.8. The van der Waals surface area contributed by atoms with Gasteiger partial charge in [0.25, 0.3) is 0 Å². The lowest BCUT2D eigenvalue weighted by Crippen LogP contribution is -2.49. The molecule has 6 nitrogen and oxygen atoms in total. The van der Waals surface area contributed by atoms with E-state index in [1.54, 1.807) is 7.11 Å². The Morgan fingerprint density at radius 1 is 1.09 bits per heavy atom. The molecule has 1 unspecified atom stereocenters. The summed E-state index contributed by atoms with van der Waals surface area (Å²) in [4.78, 5) is 17.6. The van der Waals surface area contributed by atoms with E-state index in [0.717, 1.165) is 57.3 Å². The van der Waals surface area contributed by atoms with E-state index in [0.29, 0.717) is 12.5 Å². The van der Waals surface area contributed by atoms with Gasteiger partial charge in [0.2, 0.25) is 5.91 Å². The zero-order valence-corrected chi connectivity index (χ0v) is 18.9. The monoisotopic (exact) mass is 435 g/mol. The van der Waals surface area contributed by atoms with Crippen molar-refractivity contribution in [1.82, 2.24) is 15.1 Å². The van der Waals surface area contributed by atoms with Gasteiger partial charge in [-0.15, -0.1) is 0 Å². The molecule has 1 atom stereocenters. The van der Waals surface area contributed by atoms with Crippen molar-refractivity contribution < 1.29 is 14.3 Å². The van der Waals surface area contributed by atoms with Gasteiger partial charge in [-0.3, -0.25) is 14.6 Å². The van der Waals surface area contributed by atoms with Crippen LogP contribution in [0.1, 0.15) is 35.6 Å². The summed E-state index contributed by atoms with van der Waals surface area (Å²) in [7, 11) is 1.68. The van der Waals surface area contributed by atoms with Crippen molar-refractivity contribution in [3.63, 3.8) is 0 Å². The number of rotatable bonds is 8. The minimum Gasteiger partial charge on any atom is -0.497 e. The smallest absolute Gasteiger partial charge is 0.234 e. The molecule has 1 aliphatic carbocycles. The van der Waals surface area contributed by atoms with Crippen molar-refractivity contribution in [3.8, 4) is 11.5 Å². The topological polar surface area (TPSA) is 54.0 Å². The van der Waals surface area contributed by atoms with E-state index in [-0.39, 0.29) is 11.9 Å². The molecule has 32 heavy (non-hydrogen) atoms. The number of carbonyl (C=O) groups is 1. The van der Waals surface area contributed by atoms with Gasteiger partial charge in [-0.2, -0.15) is 0 Å². The lowest BCUT2D eigenvalue weighted by molar-refractivity contribution is -0.123. The fraction of sp³-hybridized carbons (Fsp3) is 0.500. The van der Waals surface area contributed by atoms with Crippen molar-refractivity contribution in [1.29, 1.82) is 0 Å². The number of amides is 1. The zero-order chi connectivity index (χ0) is 21.9. The first-order chi connectivity index (χ1) is 15.7. The molecule has 6 heteroatoms. The number of ether oxygens (including phenoxy) is 2. The van der Waals surface area contributed by atoms with Gasteiger partial charge in [0.1, 0.15) is 11.5 Å². The van der Waals surface area contributed by atoms with Crippen LogP contribution in [0, 0.1) is 5.92 Å². The van der Waals surface area contributed by atoms with E-state index in [2.05, 4.69) is 45.4 Å². The van der Waals surface area contributed by atoms with Gasteiger partial charge in [0, 0.05) is 39.1 Å². The van der Waals surface area contributed by atoms with Crippen LogP contribution in [-0.4, -0.2) is 62.1 Å². The van der Waals surface area contributed by atoms with Gasteiger partial charge < -0.3 is 14.8 Å². The van der Waals surface area contributed by atoms with Gasteiger partial charge in [-0.1, -0.05) is 24.3 Å². The van der Waals surface area contributed by atoms with Crippen LogP contribution in [0.25, 0.3) is 0 Å². The molecule has 1 N–H and O–H groups in total. The number of nitrogens with one attached hydrogen (secondary N) is 1. The predicted molar refractivity (Wildman–Crippen MR) is 124 cm³/mol. The normalized spacial score (nSPS) is 19.8. The standard InChI is InChI=1S/C26H33N3O3/c1-31-23-7-5-21(6-8-23)26(20-3-4-20)27-25(30)18-29-13-11-28(12-14-29)17-19-2-9-24-22(16-19)10-15-32-24/h2,5-9,16,20,26H,3-4,10-15,17-18H2,1H3,(H,27,30). The highest BCUT2D eigenvalue weighted by molar-refractivity contribution is 5.78. The van der Waals surface area contributed by atoms with Gasteiger partial charge in [0.05, 0.1) is 26.3 Å². The van der Waals surface area contributed by atoms with Gasteiger partial charge in [-0.05, 0) is 53.6 Å².